The van der Waals surface area contributed by atoms with Crippen LogP contribution in [0.1, 0.15) is 57.9 Å². The molecule has 3 nitrogen and oxygen atoms in total. The zero-order chi connectivity index (χ0) is 11.2. The van der Waals surface area contributed by atoms with Crippen LogP contribution in [0.2, 0.25) is 0 Å². The lowest BCUT2D eigenvalue weighted by Crippen LogP contribution is -2.04. The van der Waals surface area contributed by atoms with Crippen LogP contribution >= 0.6 is 12.4 Å². The summed E-state index contributed by atoms with van der Waals surface area (Å²) >= 11 is 0. The van der Waals surface area contributed by atoms with E-state index in [0.717, 1.165) is 6.54 Å². The molecule has 1 fully saturated rings. The number of anilines is 1. The van der Waals surface area contributed by atoms with E-state index in [2.05, 4.69) is 28.2 Å². The molecule has 1 aromatic rings. The minimum atomic E-state index is 0. The van der Waals surface area contributed by atoms with Gasteiger partial charge in [0, 0.05) is 12.7 Å². The van der Waals surface area contributed by atoms with Crippen LogP contribution in [-0.2, 0) is 0 Å². The van der Waals surface area contributed by atoms with Gasteiger partial charge in [-0.25, -0.2) is 0 Å². The summed E-state index contributed by atoms with van der Waals surface area (Å²) in [6, 6.07) is 0.659. The largest absolute Gasteiger partial charge is 0.383 e. The van der Waals surface area contributed by atoms with E-state index < -0.39 is 0 Å². The lowest BCUT2D eigenvalue weighted by atomic mass is 10.2. The van der Waals surface area contributed by atoms with Gasteiger partial charge in [0.15, 0.2) is 0 Å². The van der Waals surface area contributed by atoms with E-state index in [-0.39, 0.29) is 12.4 Å². The molecule has 0 atom stereocenters. The highest BCUT2D eigenvalue weighted by atomic mass is 35.5. The second-order valence-corrected chi connectivity index (χ2v) is 4.78. The lowest BCUT2D eigenvalue weighted by Gasteiger charge is -2.08. The fourth-order valence-corrected chi connectivity index (χ4v) is 2.41. The van der Waals surface area contributed by atoms with Gasteiger partial charge in [-0.05, 0) is 19.3 Å². The van der Waals surface area contributed by atoms with Gasteiger partial charge in [-0.15, -0.1) is 12.4 Å². The Balaban J connectivity index is 0.00000144. The molecule has 4 heteroatoms. The Labute approximate surface area is 110 Å². The molecule has 1 aliphatic rings. The monoisotopic (exact) mass is 257 g/mol. The van der Waals surface area contributed by atoms with Crippen LogP contribution in [0.25, 0.3) is 0 Å². The van der Waals surface area contributed by atoms with E-state index in [1.165, 1.54) is 50.6 Å². The Morgan fingerprint density at radius 3 is 2.82 bits per heavy atom. The fourth-order valence-electron chi connectivity index (χ4n) is 2.41. The van der Waals surface area contributed by atoms with Gasteiger partial charge in [0.1, 0.15) is 0 Å². The summed E-state index contributed by atoms with van der Waals surface area (Å²) < 4.78 is 2.15. The van der Waals surface area contributed by atoms with Gasteiger partial charge in [0.25, 0.3) is 0 Å². The minimum Gasteiger partial charge on any atom is -0.383 e. The van der Waals surface area contributed by atoms with Crippen molar-refractivity contribution in [2.24, 2.45) is 0 Å². The van der Waals surface area contributed by atoms with Crippen LogP contribution in [0.15, 0.2) is 12.4 Å². The van der Waals surface area contributed by atoms with Crippen molar-refractivity contribution in [1.82, 2.24) is 9.78 Å². The summed E-state index contributed by atoms with van der Waals surface area (Å²) in [5.41, 5.74) is 1.18. The molecule has 0 saturated heterocycles. The number of hydrogen-bond donors (Lipinski definition) is 1. The number of rotatable bonds is 6. The van der Waals surface area contributed by atoms with Crippen LogP contribution in [0.5, 0.6) is 0 Å². The highest BCUT2D eigenvalue weighted by Gasteiger charge is 2.17. The molecular formula is C13H24ClN3. The summed E-state index contributed by atoms with van der Waals surface area (Å²) in [5.74, 6) is 0. The number of halogens is 1. The Hall–Kier alpha value is -0.700. The standard InChI is InChI=1S/C13H23N3.ClH/c1-2-3-6-9-14-12-10-15-16(11-12)13-7-4-5-8-13;/h10-11,13-14H,2-9H2,1H3;1H. The van der Waals surface area contributed by atoms with E-state index in [1.807, 2.05) is 6.20 Å². The normalized spacial score (nSPS) is 15.8. The molecule has 1 aromatic heterocycles. The molecule has 0 aliphatic heterocycles. The summed E-state index contributed by atoms with van der Waals surface area (Å²) in [6.45, 7) is 3.31. The number of unbranched alkanes of at least 4 members (excludes halogenated alkanes) is 2. The molecule has 1 saturated carbocycles. The van der Waals surface area contributed by atoms with Crippen molar-refractivity contribution in [3.05, 3.63) is 12.4 Å². The smallest absolute Gasteiger partial charge is 0.0726 e. The second kappa shape index (κ2) is 7.59. The van der Waals surface area contributed by atoms with Gasteiger partial charge in [-0.1, -0.05) is 32.6 Å². The predicted octanol–water partition coefficient (Wildman–Crippen LogP) is 4.02. The number of aromatic nitrogens is 2. The highest BCUT2D eigenvalue weighted by molar-refractivity contribution is 5.85. The average Bonchev–Trinajstić information content (AvgIpc) is 2.94. The van der Waals surface area contributed by atoms with Gasteiger partial charge in [-0.3, -0.25) is 4.68 Å². The quantitative estimate of drug-likeness (QED) is 0.780. The van der Waals surface area contributed by atoms with Crippen molar-refractivity contribution < 1.29 is 0 Å². The molecule has 1 aliphatic carbocycles. The summed E-state index contributed by atoms with van der Waals surface area (Å²) in [5, 5.41) is 7.89. The fraction of sp³-hybridized carbons (Fsp3) is 0.769. The topological polar surface area (TPSA) is 29.9 Å². The van der Waals surface area contributed by atoms with Crippen molar-refractivity contribution in [3.63, 3.8) is 0 Å². The second-order valence-electron chi connectivity index (χ2n) is 4.78. The molecule has 98 valence electrons. The molecule has 1 N–H and O–H groups in total. The van der Waals surface area contributed by atoms with Crippen LogP contribution in [0, 0.1) is 0 Å². The van der Waals surface area contributed by atoms with Crippen LogP contribution in [0.3, 0.4) is 0 Å². The van der Waals surface area contributed by atoms with Gasteiger partial charge >= 0.3 is 0 Å². The summed E-state index contributed by atoms with van der Waals surface area (Å²) in [4.78, 5) is 0. The minimum absolute atomic E-state index is 0. The third-order valence-corrected chi connectivity index (χ3v) is 3.41. The molecule has 0 amide bonds. The molecule has 2 rings (SSSR count). The van der Waals surface area contributed by atoms with E-state index in [9.17, 15) is 0 Å². The Kier molecular flexibility index (Phi) is 6.41. The van der Waals surface area contributed by atoms with Crippen LogP contribution in [-0.4, -0.2) is 16.3 Å². The van der Waals surface area contributed by atoms with E-state index in [0.29, 0.717) is 6.04 Å². The maximum atomic E-state index is 4.45. The summed E-state index contributed by atoms with van der Waals surface area (Å²) in [6.07, 6.45) is 13.3. The van der Waals surface area contributed by atoms with E-state index in [4.69, 9.17) is 0 Å². The molecule has 0 radical (unpaired) electrons. The number of nitrogens with zero attached hydrogens (tertiary/aromatic N) is 2. The zero-order valence-electron chi connectivity index (χ0n) is 10.7. The molecular weight excluding hydrogens is 234 g/mol. The first-order valence-electron chi connectivity index (χ1n) is 6.68. The third-order valence-electron chi connectivity index (χ3n) is 3.41. The molecule has 17 heavy (non-hydrogen) atoms. The van der Waals surface area contributed by atoms with Crippen molar-refractivity contribution in [2.75, 3.05) is 11.9 Å². The SMILES string of the molecule is CCCCCNc1cnn(C2CCCC2)c1.Cl. The molecule has 0 unspecified atom stereocenters. The first kappa shape index (κ1) is 14.4. The maximum absolute atomic E-state index is 4.45. The third kappa shape index (κ3) is 4.23. The summed E-state index contributed by atoms with van der Waals surface area (Å²) in [7, 11) is 0. The van der Waals surface area contributed by atoms with Crippen molar-refractivity contribution in [1.29, 1.82) is 0 Å². The molecule has 0 spiro atoms. The Morgan fingerprint density at radius 2 is 2.12 bits per heavy atom. The van der Waals surface area contributed by atoms with E-state index in [1.54, 1.807) is 0 Å². The van der Waals surface area contributed by atoms with Crippen molar-refractivity contribution in [2.45, 2.75) is 57.9 Å². The van der Waals surface area contributed by atoms with Gasteiger partial charge in [0.2, 0.25) is 0 Å². The van der Waals surface area contributed by atoms with E-state index >= 15 is 0 Å². The lowest BCUT2D eigenvalue weighted by molar-refractivity contribution is 0.467. The molecule has 0 aromatic carbocycles. The average molecular weight is 258 g/mol. The number of nitrogens with one attached hydrogen (secondary N) is 1. The first-order valence-corrected chi connectivity index (χ1v) is 6.68. The predicted molar refractivity (Wildman–Crippen MR) is 75.0 cm³/mol. The molecule has 0 bridgehead atoms. The maximum Gasteiger partial charge on any atom is 0.0726 e. The highest BCUT2D eigenvalue weighted by Crippen LogP contribution is 2.29. The van der Waals surface area contributed by atoms with Gasteiger partial charge in [0.05, 0.1) is 17.9 Å². The first-order chi connectivity index (χ1) is 7.90. The van der Waals surface area contributed by atoms with Crippen molar-refractivity contribution in [3.8, 4) is 0 Å². The Bertz CT molecular complexity index is 305. The number of hydrogen-bond acceptors (Lipinski definition) is 2. The van der Waals surface area contributed by atoms with Crippen molar-refractivity contribution >= 4 is 18.1 Å². The molecule has 1 heterocycles. The van der Waals surface area contributed by atoms with Gasteiger partial charge < -0.3 is 5.32 Å². The zero-order valence-corrected chi connectivity index (χ0v) is 11.5. The Morgan fingerprint density at radius 1 is 1.35 bits per heavy atom. The van der Waals surface area contributed by atoms with Crippen LogP contribution in [0.4, 0.5) is 5.69 Å². The van der Waals surface area contributed by atoms with Gasteiger partial charge in [-0.2, -0.15) is 5.10 Å². The van der Waals surface area contributed by atoms with Crippen LogP contribution < -0.4 is 5.32 Å².